The first-order chi connectivity index (χ1) is 11.3. The van der Waals surface area contributed by atoms with Gasteiger partial charge in [-0.15, -0.1) is 0 Å². The molecule has 0 spiro atoms. The fourth-order valence-corrected chi connectivity index (χ4v) is 3.25. The molecule has 0 radical (unpaired) electrons. The van der Waals surface area contributed by atoms with E-state index in [-0.39, 0.29) is 5.91 Å². The van der Waals surface area contributed by atoms with Crippen molar-refractivity contribution in [3.05, 3.63) is 54.0 Å². The number of nitrogens with zero attached hydrogens (tertiary/aromatic N) is 1. The van der Waals surface area contributed by atoms with E-state index < -0.39 is 0 Å². The number of rotatable bonds is 5. The van der Waals surface area contributed by atoms with Crippen LogP contribution >= 0.6 is 0 Å². The lowest BCUT2D eigenvalue weighted by atomic mass is 9.91. The van der Waals surface area contributed by atoms with Gasteiger partial charge in [-0.05, 0) is 55.4 Å². The predicted molar refractivity (Wildman–Crippen MR) is 88.7 cm³/mol. The van der Waals surface area contributed by atoms with Gasteiger partial charge >= 0.3 is 0 Å². The average Bonchev–Trinajstić information content (AvgIpc) is 3.14. The van der Waals surface area contributed by atoms with Gasteiger partial charge in [-0.1, -0.05) is 12.1 Å². The normalized spacial score (nSPS) is 18.0. The predicted octanol–water partition coefficient (Wildman–Crippen LogP) is 3.77. The van der Waals surface area contributed by atoms with Crippen LogP contribution in [0.15, 0.2) is 47.3 Å². The van der Waals surface area contributed by atoms with Gasteiger partial charge in [0.1, 0.15) is 12.0 Å². The minimum atomic E-state index is 0.0878. The molecule has 1 aromatic heterocycles. The number of amides is 1. The molecule has 4 heteroatoms. The Morgan fingerprint density at radius 1 is 1.39 bits per heavy atom. The van der Waals surface area contributed by atoms with Gasteiger partial charge in [0.05, 0.1) is 18.9 Å². The lowest BCUT2D eigenvalue weighted by Gasteiger charge is -2.32. The van der Waals surface area contributed by atoms with Crippen LogP contribution in [0, 0.1) is 5.92 Å². The largest absolute Gasteiger partial charge is 0.497 e. The fourth-order valence-electron chi connectivity index (χ4n) is 3.25. The Bertz CT molecular complexity index is 636. The topological polar surface area (TPSA) is 42.7 Å². The van der Waals surface area contributed by atoms with Crippen molar-refractivity contribution in [1.29, 1.82) is 0 Å². The number of hydrogen-bond donors (Lipinski definition) is 0. The summed E-state index contributed by atoms with van der Waals surface area (Å²) in [5, 5.41) is 0. The molecule has 1 aliphatic rings. The molecule has 2 heterocycles. The number of furan rings is 1. The molecule has 0 N–H and O–H groups in total. The highest BCUT2D eigenvalue weighted by Crippen LogP contribution is 2.24. The molecule has 23 heavy (non-hydrogen) atoms. The summed E-state index contributed by atoms with van der Waals surface area (Å²) in [5.41, 5.74) is 1.95. The maximum atomic E-state index is 12.4. The van der Waals surface area contributed by atoms with E-state index in [4.69, 9.17) is 9.15 Å². The summed E-state index contributed by atoms with van der Waals surface area (Å²) in [7, 11) is 1.69. The van der Waals surface area contributed by atoms with Crippen LogP contribution in [0.2, 0.25) is 0 Å². The van der Waals surface area contributed by atoms with Crippen molar-refractivity contribution >= 4 is 5.91 Å². The Balaban J connectivity index is 1.55. The lowest BCUT2D eigenvalue weighted by molar-refractivity contribution is 0.0667. The third-order valence-corrected chi connectivity index (χ3v) is 4.55. The van der Waals surface area contributed by atoms with Crippen LogP contribution in [0.1, 0.15) is 35.2 Å². The first kappa shape index (κ1) is 15.7. The molecule has 122 valence electrons. The number of aryl methyl sites for hydroxylation is 1. The van der Waals surface area contributed by atoms with Crippen molar-refractivity contribution in [2.24, 2.45) is 5.92 Å². The van der Waals surface area contributed by atoms with Crippen LogP contribution in [-0.2, 0) is 6.42 Å². The van der Waals surface area contributed by atoms with Gasteiger partial charge in [0.2, 0.25) is 0 Å². The molecule has 0 saturated carbocycles. The molecule has 4 nitrogen and oxygen atoms in total. The van der Waals surface area contributed by atoms with Crippen molar-refractivity contribution in [2.75, 3.05) is 20.2 Å². The van der Waals surface area contributed by atoms with Crippen molar-refractivity contribution < 1.29 is 13.9 Å². The maximum absolute atomic E-state index is 12.4. The number of carbonyl (C=O) groups excluding carboxylic acids is 1. The lowest BCUT2D eigenvalue weighted by Crippen LogP contribution is -2.39. The summed E-state index contributed by atoms with van der Waals surface area (Å²) in [4.78, 5) is 14.4. The second-order valence-corrected chi connectivity index (χ2v) is 6.16. The summed E-state index contributed by atoms with van der Waals surface area (Å²) in [6.45, 7) is 1.69. The number of ether oxygens (including phenoxy) is 1. The Hall–Kier alpha value is -2.23. The van der Waals surface area contributed by atoms with Gasteiger partial charge < -0.3 is 14.1 Å². The van der Waals surface area contributed by atoms with Crippen LogP contribution in [0.5, 0.6) is 5.75 Å². The molecule has 1 saturated heterocycles. The molecule has 0 bridgehead atoms. The Morgan fingerprint density at radius 3 is 3.09 bits per heavy atom. The Labute approximate surface area is 137 Å². The van der Waals surface area contributed by atoms with E-state index in [1.165, 1.54) is 18.2 Å². The zero-order valence-corrected chi connectivity index (χ0v) is 13.5. The minimum absolute atomic E-state index is 0.0878. The Morgan fingerprint density at radius 2 is 2.30 bits per heavy atom. The molecule has 0 unspecified atom stereocenters. The number of piperidine rings is 1. The third-order valence-electron chi connectivity index (χ3n) is 4.55. The molecule has 0 aliphatic carbocycles. The number of methoxy groups -OCH3 is 1. The van der Waals surface area contributed by atoms with Gasteiger partial charge in [0, 0.05) is 13.1 Å². The van der Waals surface area contributed by atoms with E-state index >= 15 is 0 Å². The van der Waals surface area contributed by atoms with Crippen molar-refractivity contribution in [3.8, 4) is 5.75 Å². The monoisotopic (exact) mass is 313 g/mol. The highest BCUT2D eigenvalue weighted by Gasteiger charge is 2.24. The summed E-state index contributed by atoms with van der Waals surface area (Å²) in [5.74, 6) is 1.55. The molecule has 1 fully saturated rings. The summed E-state index contributed by atoms with van der Waals surface area (Å²) >= 11 is 0. The molecule has 1 amide bonds. The molecule has 1 aliphatic heterocycles. The van der Waals surface area contributed by atoms with Gasteiger partial charge in [0.15, 0.2) is 0 Å². The van der Waals surface area contributed by atoms with E-state index in [0.29, 0.717) is 11.5 Å². The van der Waals surface area contributed by atoms with Crippen molar-refractivity contribution in [1.82, 2.24) is 4.90 Å². The van der Waals surface area contributed by atoms with E-state index in [1.54, 1.807) is 19.4 Å². The van der Waals surface area contributed by atoms with Crippen molar-refractivity contribution in [2.45, 2.75) is 25.7 Å². The van der Waals surface area contributed by atoms with Crippen LogP contribution in [0.25, 0.3) is 0 Å². The van der Waals surface area contributed by atoms with Crippen LogP contribution in [0.3, 0.4) is 0 Å². The molecule has 3 rings (SSSR count). The average molecular weight is 313 g/mol. The molecule has 1 atom stereocenters. The second-order valence-electron chi connectivity index (χ2n) is 6.16. The van der Waals surface area contributed by atoms with Gasteiger partial charge in [-0.2, -0.15) is 0 Å². The first-order valence-corrected chi connectivity index (χ1v) is 8.20. The highest BCUT2D eigenvalue weighted by atomic mass is 16.5. The van der Waals surface area contributed by atoms with Crippen LogP contribution < -0.4 is 4.74 Å². The smallest absolute Gasteiger partial charge is 0.257 e. The van der Waals surface area contributed by atoms with Crippen LogP contribution in [0.4, 0.5) is 0 Å². The van der Waals surface area contributed by atoms with Gasteiger partial charge in [0.25, 0.3) is 5.91 Å². The van der Waals surface area contributed by atoms with E-state index in [1.807, 2.05) is 17.0 Å². The summed E-state index contributed by atoms with van der Waals surface area (Å²) in [6, 6.07) is 9.97. The standard InChI is InChI=1S/C19H23NO3/c1-22-18-6-2-4-15(12-18)7-8-16-5-3-10-20(13-16)19(21)17-9-11-23-14-17/h2,4,6,9,11-12,14,16H,3,5,7-8,10,13H2,1H3/t16-/m0/s1. The number of carbonyl (C=O) groups is 1. The SMILES string of the molecule is COc1cccc(CC[C@@H]2CCCN(C(=O)c3ccoc3)C2)c1. The highest BCUT2D eigenvalue weighted by molar-refractivity contribution is 5.93. The third kappa shape index (κ3) is 3.95. The first-order valence-electron chi connectivity index (χ1n) is 8.20. The minimum Gasteiger partial charge on any atom is -0.497 e. The van der Waals surface area contributed by atoms with E-state index in [9.17, 15) is 4.79 Å². The molecule has 1 aromatic carbocycles. The number of benzene rings is 1. The van der Waals surface area contributed by atoms with E-state index in [0.717, 1.165) is 38.1 Å². The maximum Gasteiger partial charge on any atom is 0.257 e. The van der Waals surface area contributed by atoms with E-state index in [2.05, 4.69) is 12.1 Å². The fraction of sp³-hybridized carbons (Fsp3) is 0.421. The Kier molecular flexibility index (Phi) is 5.01. The van der Waals surface area contributed by atoms with Gasteiger partial charge in [-0.3, -0.25) is 4.79 Å². The van der Waals surface area contributed by atoms with Crippen molar-refractivity contribution in [3.63, 3.8) is 0 Å². The quantitative estimate of drug-likeness (QED) is 0.844. The molecule has 2 aromatic rings. The summed E-state index contributed by atoms with van der Waals surface area (Å²) < 4.78 is 10.3. The second kappa shape index (κ2) is 7.36. The van der Waals surface area contributed by atoms with Gasteiger partial charge in [-0.25, -0.2) is 0 Å². The number of hydrogen-bond acceptors (Lipinski definition) is 3. The molecular formula is C19H23NO3. The summed E-state index contributed by atoms with van der Waals surface area (Å²) in [6.07, 6.45) is 7.48. The zero-order chi connectivity index (χ0) is 16.1. The number of likely N-dealkylation sites (tertiary alicyclic amines) is 1. The zero-order valence-electron chi connectivity index (χ0n) is 13.5. The van der Waals surface area contributed by atoms with Crippen LogP contribution in [-0.4, -0.2) is 31.0 Å². The molecular weight excluding hydrogens is 290 g/mol.